The molecule has 0 unspecified atom stereocenters. The topological polar surface area (TPSA) is 112 Å². The van der Waals surface area contributed by atoms with Gasteiger partial charge in [-0.2, -0.15) is 9.97 Å². The molecule has 2 heterocycles. The minimum atomic E-state index is -0.172. The van der Waals surface area contributed by atoms with Gasteiger partial charge in [0.1, 0.15) is 12.5 Å². The molecular weight excluding hydrogens is 346 g/mol. The monoisotopic (exact) mass is 371 g/mol. The number of aromatic hydroxyl groups is 1. The van der Waals surface area contributed by atoms with E-state index in [0.717, 1.165) is 12.0 Å². The summed E-state index contributed by atoms with van der Waals surface area (Å²) in [6, 6.07) is 7.10. The number of fused-ring (bicyclic) bond motifs is 1. The van der Waals surface area contributed by atoms with E-state index in [2.05, 4.69) is 25.6 Å². The molecule has 27 heavy (non-hydrogen) atoms. The molecule has 3 aromatic rings. The number of phenolic OH excluding ortho intramolecular Hbond substituents is 1. The highest BCUT2D eigenvalue weighted by atomic mass is 16.3. The fourth-order valence-electron chi connectivity index (χ4n) is 2.79. The second-order valence-electron chi connectivity index (χ2n) is 6.60. The first-order chi connectivity index (χ1) is 13.0. The predicted molar refractivity (Wildman–Crippen MR) is 104 cm³/mol. The fraction of sp³-hybridized carbons (Fsp3) is 0.444. The Morgan fingerprint density at radius 1 is 1.26 bits per heavy atom. The molecule has 3 N–H and O–H groups in total. The summed E-state index contributed by atoms with van der Waals surface area (Å²) in [5.41, 5.74) is 2.09. The van der Waals surface area contributed by atoms with Crippen LogP contribution in [0.25, 0.3) is 11.2 Å². The molecule has 0 atom stereocenters. The smallest absolute Gasteiger partial charge is 0.231 e. The van der Waals surface area contributed by atoms with Crippen molar-refractivity contribution in [3.05, 3.63) is 29.8 Å². The van der Waals surface area contributed by atoms with Gasteiger partial charge in [0.25, 0.3) is 0 Å². The van der Waals surface area contributed by atoms with E-state index in [1.54, 1.807) is 27.8 Å². The minimum Gasteiger partial charge on any atom is -0.508 e. The van der Waals surface area contributed by atoms with Gasteiger partial charge in [-0.1, -0.05) is 24.3 Å². The minimum absolute atomic E-state index is 0.0884. The third-order valence-corrected chi connectivity index (χ3v) is 4.12. The van der Waals surface area contributed by atoms with Crippen LogP contribution in [0.3, 0.4) is 0 Å². The first kappa shape index (κ1) is 18.8. The van der Waals surface area contributed by atoms with Gasteiger partial charge in [-0.15, -0.1) is 5.10 Å². The number of anilines is 2. The number of aliphatic hydroxyl groups excluding tert-OH is 1. The number of rotatable bonds is 8. The van der Waals surface area contributed by atoms with Crippen LogP contribution in [0.4, 0.5) is 11.8 Å². The summed E-state index contributed by atoms with van der Waals surface area (Å²) in [4.78, 5) is 10.9. The Morgan fingerprint density at radius 3 is 2.74 bits per heavy atom. The number of nitrogens with zero attached hydrogens (tertiary/aromatic N) is 6. The van der Waals surface area contributed by atoms with E-state index in [-0.39, 0.29) is 18.5 Å². The summed E-state index contributed by atoms with van der Waals surface area (Å²) in [5, 5.41) is 31.0. The number of hydrogen-bond acceptors (Lipinski definition) is 8. The van der Waals surface area contributed by atoms with Crippen molar-refractivity contribution in [3.8, 4) is 5.75 Å². The second-order valence-corrected chi connectivity index (χ2v) is 6.60. The lowest BCUT2D eigenvalue weighted by molar-refractivity contribution is 0.288. The van der Waals surface area contributed by atoms with Crippen LogP contribution in [0.1, 0.15) is 38.8 Å². The quantitative estimate of drug-likeness (QED) is 0.517. The standard InChI is InChI=1S/C18H25N7O2/c1-4-8-24(11-26)18-20-16(19-10-13-6-5-7-14(27)9-13)15-17(21-18)25(12(2)3)23-22-15/h5-7,9,12,26-27H,4,8,10-11H2,1-3H3,(H,19,20,21). The van der Waals surface area contributed by atoms with Crippen LogP contribution in [0.15, 0.2) is 24.3 Å². The Morgan fingerprint density at radius 2 is 2.07 bits per heavy atom. The van der Waals surface area contributed by atoms with Crippen molar-refractivity contribution in [1.29, 1.82) is 0 Å². The summed E-state index contributed by atoms with van der Waals surface area (Å²) in [7, 11) is 0. The molecule has 0 aliphatic rings. The average Bonchev–Trinajstić information content (AvgIpc) is 3.08. The van der Waals surface area contributed by atoms with E-state index in [4.69, 9.17) is 0 Å². The van der Waals surface area contributed by atoms with Crippen LogP contribution < -0.4 is 10.2 Å². The Balaban J connectivity index is 2.01. The molecule has 0 radical (unpaired) electrons. The van der Waals surface area contributed by atoms with E-state index >= 15 is 0 Å². The Kier molecular flexibility index (Phi) is 5.70. The van der Waals surface area contributed by atoms with E-state index in [0.29, 0.717) is 36.0 Å². The van der Waals surface area contributed by atoms with Gasteiger partial charge in [0, 0.05) is 13.1 Å². The lowest BCUT2D eigenvalue weighted by atomic mass is 10.2. The number of benzene rings is 1. The van der Waals surface area contributed by atoms with Crippen LogP contribution in [0.5, 0.6) is 5.75 Å². The Bertz CT molecular complexity index is 910. The molecule has 0 spiro atoms. The normalized spacial score (nSPS) is 11.3. The molecule has 0 bridgehead atoms. The molecule has 0 saturated carbocycles. The lowest BCUT2D eigenvalue weighted by Crippen LogP contribution is -2.27. The first-order valence-corrected chi connectivity index (χ1v) is 9.04. The van der Waals surface area contributed by atoms with Crippen molar-refractivity contribution < 1.29 is 10.2 Å². The molecule has 0 saturated heterocycles. The van der Waals surface area contributed by atoms with E-state index < -0.39 is 0 Å². The molecule has 0 amide bonds. The summed E-state index contributed by atoms with van der Waals surface area (Å²) in [5.74, 6) is 1.18. The maximum absolute atomic E-state index is 9.70. The third kappa shape index (κ3) is 4.08. The number of aromatic nitrogens is 5. The SMILES string of the molecule is CCCN(CO)c1nc(NCc2cccc(O)c2)c2nnn(C(C)C)c2n1. The summed E-state index contributed by atoms with van der Waals surface area (Å²) < 4.78 is 1.74. The number of hydrogen-bond donors (Lipinski definition) is 3. The second kappa shape index (κ2) is 8.17. The molecule has 0 fully saturated rings. The highest BCUT2D eigenvalue weighted by Gasteiger charge is 2.19. The number of phenols is 1. The summed E-state index contributed by atoms with van der Waals surface area (Å²) >= 11 is 0. The van der Waals surface area contributed by atoms with Crippen molar-refractivity contribution in [2.45, 2.75) is 39.8 Å². The van der Waals surface area contributed by atoms with Gasteiger partial charge in [0.2, 0.25) is 5.95 Å². The number of aliphatic hydroxyl groups is 1. The molecule has 3 rings (SSSR count). The van der Waals surface area contributed by atoms with Crippen molar-refractivity contribution in [2.75, 3.05) is 23.5 Å². The van der Waals surface area contributed by atoms with Gasteiger partial charge in [-0.05, 0) is 38.0 Å². The van der Waals surface area contributed by atoms with Gasteiger partial charge in [0.15, 0.2) is 17.0 Å². The van der Waals surface area contributed by atoms with E-state index in [1.165, 1.54) is 0 Å². The van der Waals surface area contributed by atoms with Crippen LogP contribution in [-0.2, 0) is 6.54 Å². The number of nitrogens with one attached hydrogen (secondary N) is 1. The van der Waals surface area contributed by atoms with Crippen LogP contribution >= 0.6 is 0 Å². The lowest BCUT2D eigenvalue weighted by Gasteiger charge is -2.20. The summed E-state index contributed by atoms with van der Waals surface area (Å²) in [6.45, 7) is 6.96. The fourth-order valence-corrected chi connectivity index (χ4v) is 2.79. The zero-order valence-corrected chi connectivity index (χ0v) is 15.8. The van der Waals surface area contributed by atoms with E-state index in [9.17, 15) is 10.2 Å². The van der Waals surface area contributed by atoms with Gasteiger partial charge < -0.3 is 20.4 Å². The van der Waals surface area contributed by atoms with Gasteiger partial charge >= 0.3 is 0 Å². The average molecular weight is 371 g/mol. The molecule has 9 heteroatoms. The zero-order chi connectivity index (χ0) is 19.4. The Hall–Kier alpha value is -2.94. The first-order valence-electron chi connectivity index (χ1n) is 9.04. The maximum Gasteiger partial charge on any atom is 0.231 e. The van der Waals surface area contributed by atoms with Crippen molar-refractivity contribution >= 4 is 22.9 Å². The van der Waals surface area contributed by atoms with Crippen LogP contribution in [0.2, 0.25) is 0 Å². The highest BCUT2D eigenvalue weighted by Crippen LogP contribution is 2.24. The van der Waals surface area contributed by atoms with Crippen molar-refractivity contribution in [1.82, 2.24) is 25.0 Å². The van der Waals surface area contributed by atoms with Crippen molar-refractivity contribution in [3.63, 3.8) is 0 Å². The van der Waals surface area contributed by atoms with Gasteiger partial charge in [-0.25, -0.2) is 4.68 Å². The van der Waals surface area contributed by atoms with Crippen LogP contribution in [-0.4, -0.2) is 48.5 Å². The van der Waals surface area contributed by atoms with Gasteiger partial charge in [-0.3, -0.25) is 0 Å². The zero-order valence-electron chi connectivity index (χ0n) is 15.8. The van der Waals surface area contributed by atoms with Crippen LogP contribution in [0, 0.1) is 0 Å². The van der Waals surface area contributed by atoms with Crippen molar-refractivity contribution in [2.24, 2.45) is 0 Å². The summed E-state index contributed by atoms with van der Waals surface area (Å²) in [6.07, 6.45) is 0.857. The molecular formula is C18H25N7O2. The highest BCUT2D eigenvalue weighted by molar-refractivity contribution is 5.83. The molecule has 9 nitrogen and oxygen atoms in total. The molecule has 1 aromatic carbocycles. The molecule has 0 aliphatic heterocycles. The van der Waals surface area contributed by atoms with E-state index in [1.807, 2.05) is 26.8 Å². The third-order valence-electron chi connectivity index (χ3n) is 4.12. The molecule has 0 aliphatic carbocycles. The largest absolute Gasteiger partial charge is 0.508 e. The Labute approximate surface area is 157 Å². The molecule has 144 valence electrons. The predicted octanol–water partition coefficient (Wildman–Crippen LogP) is 2.29. The maximum atomic E-state index is 9.70. The molecule has 2 aromatic heterocycles. The van der Waals surface area contributed by atoms with Gasteiger partial charge in [0.05, 0.1) is 6.04 Å².